The number of imide groups is 1. The van der Waals surface area contributed by atoms with Crippen molar-refractivity contribution >= 4 is 17.8 Å². The Kier molecular flexibility index (Phi) is 6.14. The fourth-order valence-corrected chi connectivity index (χ4v) is 2.80. The van der Waals surface area contributed by atoms with Gasteiger partial charge in [-0.2, -0.15) is 0 Å². The second kappa shape index (κ2) is 8.31. The van der Waals surface area contributed by atoms with E-state index in [9.17, 15) is 14.4 Å². The summed E-state index contributed by atoms with van der Waals surface area (Å²) in [6.07, 6.45) is 5.70. The van der Waals surface area contributed by atoms with E-state index >= 15 is 0 Å². The first-order valence-electron chi connectivity index (χ1n) is 7.98. The van der Waals surface area contributed by atoms with E-state index in [1.807, 2.05) is 30.3 Å². The van der Waals surface area contributed by atoms with Crippen LogP contribution in [0.25, 0.3) is 0 Å². The van der Waals surface area contributed by atoms with Crippen molar-refractivity contribution in [2.75, 3.05) is 6.54 Å². The lowest BCUT2D eigenvalue weighted by Crippen LogP contribution is -2.27. The summed E-state index contributed by atoms with van der Waals surface area (Å²) >= 11 is 0. The first-order valence-corrected chi connectivity index (χ1v) is 7.98. The lowest BCUT2D eigenvalue weighted by atomic mass is 9.89. The number of nitrogens with one attached hydrogen (secondary N) is 1. The van der Waals surface area contributed by atoms with Gasteiger partial charge in [0.15, 0.2) is 0 Å². The first kappa shape index (κ1) is 17.0. The monoisotopic (exact) mass is 317 g/mol. The molecule has 2 aliphatic rings. The molecule has 0 aromatic heterocycles. The molecule has 6 heteroatoms. The van der Waals surface area contributed by atoms with Crippen LogP contribution in [0.1, 0.15) is 37.7 Å². The maximum absolute atomic E-state index is 11.2. The molecule has 124 valence electrons. The van der Waals surface area contributed by atoms with E-state index in [0.29, 0.717) is 6.54 Å². The summed E-state index contributed by atoms with van der Waals surface area (Å²) in [5, 5.41) is 2.24. The molecular weight excluding hydrogens is 294 g/mol. The Balaban J connectivity index is 0.000000185. The fourth-order valence-electron chi connectivity index (χ4n) is 2.80. The van der Waals surface area contributed by atoms with E-state index in [0.717, 1.165) is 18.4 Å². The predicted molar refractivity (Wildman–Crippen MR) is 86.2 cm³/mol. The summed E-state index contributed by atoms with van der Waals surface area (Å²) in [6.45, 7) is 0.645. The number of primary amides is 1. The van der Waals surface area contributed by atoms with Crippen LogP contribution in [-0.4, -0.2) is 29.3 Å². The number of nitrogens with zero attached hydrogens (tertiary/aromatic N) is 1. The molecule has 1 saturated heterocycles. The van der Waals surface area contributed by atoms with Crippen LogP contribution in [0.2, 0.25) is 0 Å². The molecule has 4 amide bonds. The maximum atomic E-state index is 11.2. The van der Waals surface area contributed by atoms with Crippen molar-refractivity contribution in [1.29, 1.82) is 0 Å². The summed E-state index contributed by atoms with van der Waals surface area (Å²) in [4.78, 5) is 34.1. The highest BCUT2D eigenvalue weighted by Gasteiger charge is 2.26. The predicted octanol–water partition coefficient (Wildman–Crippen LogP) is 1.79. The third-order valence-corrected chi connectivity index (χ3v) is 4.09. The number of carbonyl (C=O) groups is 3. The van der Waals surface area contributed by atoms with Gasteiger partial charge in [-0.25, -0.2) is 4.79 Å². The number of urea groups is 1. The van der Waals surface area contributed by atoms with Gasteiger partial charge >= 0.3 is 6.03 Å². The zero-order valence-corrected chi connectivity index (χ0v) is 13.2. The van der Waals surface area contributed by atoms with Crippen LogP contribution in [-0.2, 0) is 16.1 Å². The van der Waals surface area contributed by atoms with Crippen molar-refractivity contribution < 1.29 is 14.4 Å². The van der Waals surface area contributed by atoms with Gasteiger partial charge < -0.3 is 10.6 Å². The van der Waals surface area contributed by atoms with Gasteiger partial charge in [0.1, 0.15) is 6.54 Å². The van der Waals surface area contributed by atoms with Gasteiger partial charge in [0.2, 0.25) is 11.8 Å². The Hall–Kier alpha value is -2.37. The van der Waals surface area contributed by atoms with E-state index in [4.69, 9.17) is 5.73 Å². The molecule has 1 aromatic carbocycles. The summed E-state index contributed by atoms with van der Waals surface area (Å²) in [6, 6.07) is 9.28. The van der Waals surface area contributed by atoms with Gasteiger partial charge in [-0.15, -0.1) is 0 Å². The van der Waals surface area contributed by atoms with Crippen molar-refractivity contribution in [2.24, 2.45) is 11.7 Å². The summed E-state index contributed by atoms with van der Waals surface area (Å²) < 4.78 is 0. The molecule has 3 rings (SSSR count). The largest absolute Gasteiger partial charge is 0.369 e. The lowest BCUT2D eigenvalue weighted by Gasteiger charge is -2.17. The quantitative estimate of drug-likeness (QED) is 0.832. The SMILES string of the molecule is NC(=O)C1CCCCC1.O=C1CN(Cc2ccccc2)C(=O)N1. The van der Waals surface area contributed by atoms with Gasteiger partial charge in [0.25, 0.3) is 0 Å². The molecule has 1 aliphatic heterocycles. The highest BCUT2D eigenvalue weighted by Crippen LogP contribution is 2.22. The molecule has 23 heavy (non-hydrogen) atoms. The number of rotatable bonds is 3. The number of benzene rings is 1. The lowest BCUT2D eigenvalue weighted by molar-refractivity contribution is -0.122. The molecule has 0 radical (unpaired) electrons. The van der Waals surface area contributed by atoms with E-state index in [-0.39, 0.29) is 30.3 Å². The van der Waals surface area contributed by atoms with Crippen LogP contribution in [0.4, 0.5) is 4.79 Å². The summed E-state index contributed by atoms with van der Waals surface area (Å²) in [5.74, 6) is -0.139. The zero-order valence-electron chi connectivity index (χ0n) is 13.2. The number of nitrogens with two attached hydrogens (primary N) is 1. The molecule has 2 fully saturated rings. The third-order valence-electron chi connectivity index (χ3n) is 4.09. The Bertz CT molecular complexity index is 553. The Morgan fingerprint density at radius 1 is 1.13 bits per heavy atom. The molecule has 1 saturated carbocycles. The molecule has 3 N–H and O–H groups in total. The molecular formula is C17H23N3O3. The molecule has 0 spiro atoms. The third kappa shape index (κ3) is 5.39. The van der Waals surface area contributed by atoms with Gasteiger partial charge in [0, 0.05) is 12.5 Å². The van der Waals surface area contributed by atoms with Gasteiger partial charge in [0.05, 0.1) is 0 Å². The molecule has 1 aromatic rings. The number of carbonyl (C=O) groups excluding carboxylic acids is 3. The van der Waals surface area contributed by atoms with Gasteiger partial charge in [-0.05, 0) is 18.4 Å². The van der Waals surface area contributed by atoms with E-state index in [1.165, 1.54) is 24.2 Å². The molecule has 0 unspecified atom stereocenters. The highest BCUT2D eigenvalue weighted by molar-refractivity contribution is 6.01. The van der Waals surface area contributed by atoms with Crippen LogP contribution in [0.3, 0.4) is 0 Å². The second-order valence-corrected chi connectivity index (χ2v) is 5.93. The summed E-state index contributed by atoms with van der Waals surface area (Å²) in [7, 11) is 0. The van der Waals surface area contributed by atoms with Crippen molar-refractivity contribution in [3.8, 4) is 0 Å². The number of hydrogen-bond acceptors (Lipinski definition) is 3. The average molecular weight is 317 g/mol. The van der Waals surface area contributed by atoms with E-state index in [1.54, 1.807) is 0 Å². The normalized spacial score (nSPS) is 18.2. The topological polar surface area (TPSA) is 92.5 Å². The number of amides is 4. The van der Waals surface area contributed by atoms with Gasteiger partial charge in [-0.1, -0.05) is 49.6 Å². The van der Waals surface area contributed by atoms with Crippen LogP contribution >= 0.6 is 0 Å². The minimum atomic E-state index is -0.307. The minimum Gasteiger partial charge on any atom is -0.369 e. The molecule has 0 bridgehead atoms. The standard InChI is InChI=1S/C10H10N2O2.C7H13NO/c13-9-7-12(10(14)11-9)6-8-4-2-1-3-5-8;8-7(9)6-4-2-1-3-5-6/h1-5H,6-7H2,(H,11,13,14);6H,1-5H2,(H2,8,9). The molecule has 0 atom stereocenters. The van der Waals surface area contributed by atoms with Gasteiger partial charge in [-0.3, -0.25) is 14.9 Å². The number of hydrogen-bond donors (Lipinski definition) is 2. The van der Waals surface area contributed by atoms with Crippen LogP contribution in [0.15, 0.2) is 30.3 Å². The fraction of sp³-hybridized carbons (Fsp3) is 0.471. The second-order valence-electron chi connectivity index (χ2n) is 5.93. The van der Waals surface area contributed by atoms with Crippen molar-refractivity contribution in [3.63, 3.8) is 0 Å². The molecule has 1 aliphatic carbocycles. The van der Waals surface area contributed by atoms with Crippen molar-refractivity contribution in [1.82, 2.24) is 10.2 Å². The Labute approximate surface area is 136 Å². The van der Waals surface area contributed by atoms with E-state index < -0.39 is 0 Å². The average Bonchev–Trinajstić information content (AvgIpc) is 2.87. The van der Waals surface area contributed by atoms with Crippen molar-refractivity contribution in [3.05, 3.63) is 35.9 Å². The Morgan fingerprint density at radius 3 is 2.26 bits per heavy atom. The van der Waals surface area contributed by atoms with E-state index in [2.05, 4.69) is 5.32 Å². The van der Waals surface area contributed by atoms with Crippen LogP contribution < -0.4 is 11.1 Å². The van der Waals surface area contributed by atoms with Crippen LogP contribution in [0.5, 0.6) is 0 Å². The minimum absolute atomic E-state index is 0.102. The Morgan fingerprint density at radius 2 is 1.78 bits per heavy atom. The first-order chi connectivity index (χ1) is 11.1. The smallest absolute Gasteiger partial charge is 0.324 e. The highest BCUT2D eigenvalue weighted by atomic mass is 16.2. The van der Waals surface area contributed by atoms with Crippen LogP contribution in [0, 0.1) is 5.92 Å². The molecule has 1 heterocycles. The van der Waals surface area contributed by atoms with Crippen molar-refractivity contribution in [2.45, 2.75) is 38.6 Å². The molecule has 6 nitrogen and oxygen atoms in total. The summed E-state index contributed by atoms with van der Waals surface area (Å²) in [5.41, 5.74) is 6.15. The maximum Gasteiger partial charge on any atom is 0.324 e. The zero-order chi connectivity index (χ0) is 16.7.